The van der Waals surface area contributed by atoms with E-state index in [4.69, 9.17) is 9.47 Å². The van der Waals surface area contributed by atoms with Crippen molar-refractivity contribution < 1.29 is 53.2 Å². The summed E-state index contributed by atoms with van der Waals surface area (Å²) in [6, 6.07) is 4.64. The van der Waals surface area contributed by atoms with Crippen molar-refractivity contribution in [2.45, 2.75) is 75.7 Å². The quantitative estimate of drug-likeness (QED) is 0.112. The van der Waals surface area contributed by atoms with Crippen LogP contribution in [0.25, 0.3) is 0 Å². The third-order valence-electron chi connectivity index (χ3n) is 10.5. The minimum atomic E-state index is -5.28. The van der Waals surface area contributed by atoms with Crippen molar-refractivity contribution in [2.24, 2.45) is 10.8 Å². The molecule has 0 saturated heterocycles. The first kappa shape index (κ1) is 42.4. The molecule has 2 aliphatic carbocycles. The second kappa shape index (κ2) is 17.9. The van der Waals surface area contributed by atoms with Crippen LogP contribution < -0.4 is 17.5 Å². The second-order valence-electron chi connectivity index (χ2n) is 15.1. The number of benzene rings is 2. The molecule has 0 radical (unpaired) electrons. The van der Waals surface area contributed by atoms with E-state index in [0.717, 1.165) is 12.1 Å². The summed E-state index contributed by atoms with van der Waals surface area (Å²) in [5.74, 6) is -4.75. The van der Waals surface area contributed by atoms with E-state index in [0.29, 0.717) is 25.7 Å². The number of ether oxygens (including phenoxy) is 2. The van der Waals surface area contributed by atoms with E-state index in [1.54, 1.807) is 76.3 Å². The van der Waals surface area contributed by atoms with Gasteiger partial charge in [0.2, 0.25) is 0 Å². The monoisotopic (exact) mass is 774 g/mol. The standard InChI is InChI=1S/2C16H22F2NO2.2C5H5.Ti/c2*1-5-8-16(2,3)15(20)19(9-10-21-4)14-7-6-12(17)11-13(14)18;2*1-2-4-5-3-1;/h2*6-7H,5,8-10H2,1-4H3;2*1-5H;. The van der Waals surface area contributed by atoms with Gasteiger partial charge in [-0.15, -0.1) is 0 Å². The molecule has 0 saturated carbocycles. The summed E-state index contributed by atoms with van der Waals surface area (Å²) in [6.07, 6.45) is 16.3. The van der Waals surface area contributed by atoms with Crippen LogP contribution in [0.5, 0.6) is 0 Å². The zero-order chi connectivity index (χ0) is 39.1. The van der Waals surface area contributed by atoms with E-state index < -0.39 is 66.9 Å². The van der Waals surface area contributed by atoms with Crippen LogP contribution in [0.4, 0.5) is 28.9 Å². The van der Waals surface area contributed by atoms with Gasteiger partial charge in [0, 0.05) is 0 Å². The normalized spacial score (nSPS) is 14.9. The molecule has 0 spiro atoms. The number of methoxy groups -OCH3 is 2. The predicted octanol–water partition coefficient (Wildman–Crippen LogP) is 8.79. The molecule has 0 bridgehead atoms. The van der Waals surface area contributed by atoms with Crippen molar-refractivity contribution in [3.63, 3.8) is 0 Å². The Morgan fingerprint density at radius 3 is 1.28 bits per heavy atom. The van der Waals surface area contributed by atoms with Gasteiger partial charge in [-0.2, -0.15) is 0 Å². The van der Waals surface area contributed by atoms with Gasteiger partial charge >= 0.3 is 317 Å². The Hall–Kier alpha value is -3.31. The molecule has 2 aliphatic rings. The second-order valence-corrected chi connectivity index (χ2v) is 21.5. The molecule has 2 amide bonds. The maximum atomic E-state index is 17.8. The van der Waals surface area contributed by atoms with Crippen LogP contribution in [0.2, 0.25) is 8.45 Å². The third-order valence-corrected chi connectivity index (χ3v) is 19.0. The van der Waals surface area contributed by atoms with Gasteiger partial charge in [-0.25, -0.2) is 0 Å². The third kappa shape index (κ3) is 8.36. The molecule has 0 heterocycles. The van der Waals surface area contributed by atoms with Crippen molar-refractivity contribution in [3.05, 3.63) is 96.1 Å². The molecule has 6 nitrogen and oxygen atoms in total. The van der Waals surface area contributed by atoms with Crippen LogP contribution in [-0.4, -0.2) is 52.3 Å². The number of rotatable bonds is 18. The van der Waals surface area contributed by atoms with Crippen molar-refractivity contribution >= 4 is 30.9 Å². The number of hydrogen-bond acceptors (Lipinski definition) is 4. The Bertz CT molecular complexity index is 1620. The first-order valence-electron chi connectivity index (χ1n) is 18.4. The molecule has 2 aromatic carbocycles. The van der Waals surface area contributed by atoms with Gasteiger partial charge in [0.15, 0.2) is 0 Å². The van der Waals surface area contributed by atoms with Gasteiger partial charge in [-0.3, -0.25) is 0 Å². The summed E-state index contributed by atoms with van der Waals surface area (Å²) in [6.45, 7) is 11.1. The first-order chi connectivity index (χ1) is 25.1. The van der Waals surface area contributed by atoms with Crippen LogP contribution in [0.1, 0.15) is 67.2 Å². The van der Waals surface area contributed by atoms with E-state index in [1.165, 1.54) is 36.2 Å². The fraction of sp³-hybridized carbons (Fsp3) is 0.476. The van der Waals surface area contributed by atoms with Crippen molar-refractivity contribution in [3.8, 4) is 0 Å². The fourth-order valence-electron chi connectivity index (χ4n) is 7.97. The molecule has 0 N–H and O–H groups in total. The summed E-state index contributed by atoms with van der Waals surface area (Å²) >= 11 is -5.28. The van der Waals surface area contributed by atoms with Crippen molar-refractivity contribution in [2.75, 3.05) is 50.3 Å². The van der Waals surface area contributed by atoms with Crippen LogP contribution in [0, 0.1) is 34.1 Å². The van der Waals surface area contributed by atoms with E-state index in [1.807, 2.05) is 13.8 Å². The number of nitrogens with zero attached hydrogens (tertiary/aromatic N) is 2. The summed E-state index contributed by atoms with van der Waals surface area (Å²) in [5.41, 5.74) is -2.16. The molecule has 0 unspecified atom stereocenters. The minimum absolute atomic E-state index is 0.0285. The van der Waals surface area contributed by atoms with Gasteiger partial charge in [0.05, 0.1) is 0 Å². The summed E-state index contributed by atoms with van der Waals surface area (Å²) < 4.78 is 77.7. The first-order valence-corrected chi connectivity index (χ1v) is 21.8. The number of anilines is 2. The van der Waals surface area contributed by atoms with E-state index in [-0.39, 0.29) is 49.5 Å². The molecule has 2 aromatic rings. The number of allylic oxidation sites excluding steroid dienone is 8. The molecule has 288 valence electrons. The van der Waals surface area contributed by atoms with Gasteiger partial charge in [-0.1, -0.05) is 0 Å². The van der Waals surface area contributed by atoms with Crippen molar-refractivity contribution in [1.82, 2.24) is 0 Å². The molecular weight excluding hydrogens is 720 g/mol. The predicted molar refractivity (Wildman–Crippen MR) is 202 cm³/mol. The van der Waals surface area contributed by atoms with Gasteiger partial charge in [-0.05, 0) is 0 Å². The average molecular weight is 775 g/mol. The van der Waals surface area contributed by atoms with Crippen LogP contribution in [-0.2, 0) is 35.7 Å². The maximum absolute atomic E-state index is 17.8. The number of carbonyl (C=O) groups excluding carboxylic acids is 2. The van der Waals surface area contributed by atoms with E-state index in [9.17, 15) is 9.59 Å². The Kier molecular flexibility index (Phi) is 14.3. The zero-order valence-corrected chi connectivity index (χ0v) is 33.8. The molecule has 0 fully saturated rings. The summed E-state index contributed by atoms with van der Waals surface area (Å²) in [5, 5.41) is 0. The molecule has 53 heavy (non-hydrogen) atoms. The van der Waals surface area contributed by atoms with Gasteiger partial charge in [0.1, 0.15) is 0 Å². The number of halogens is 4. The average Bonchev–Trinajstić information content (AvgIpc) is 3.85. The molecule has 0 aromatic heterocycles. The Morgan fingerprint density at radius 2 is 0.981 bits per heavy atom. The number of hydrogen-bond donors (Lipinski definition) is 0. The topological polar surface area (TPSA) is 59.1 Å². The molecule has 4 rings (SSSR count). The van der Waals surface area contributed by atoms with Gasteiger partial charge in [0.25, 0.3) is 0 Å². The van der Waals surface area contributed by atoms with E-state index in [2.05, 4.69) is 0 Å². The zero-order valence-electron chi connectivity index (χ0n) is 32.3. The molecule has 0 atom stereocenters. The Balaban J connectivity index is 2.14. The SMILES string of the molecule is CCCC(C)(C)C(=O)N(CCOC)c1ccc(F)[c]([Ti]([c]2c(F)ccc(N(CCOC)C(=O)C(C)(C)CCC)c2F)([CH]2C=CC=C2)[CH]2C=CC=C2)c1F. The molecule has 11 heteroatoms. The summed E-state index contributed by atoms with van der Waals surface area (Å²) in [7, 11) is 2.93. The Morgan fingerprint density at radius 1 is 0.642 bits per heavy atom. The number of amides is 2. The van der Waals surface area contributed by atoms with E-state index >= 15 is 17.6 Å². The molecule has 0 aliphatic heterocycles. The number of carbonyl (C=O) groups is 2. The summed E-state index contributed by atoms with van der Waals surface area (Å²) in [4.78, 5) is 30.9. The van der Waals surface area contributed by atoms with Crippen LogP contribution in [0.3, 0.4) is 0 Å². The fourth-order valence-corrected chi connectivity index (χ4v) is 16.8. The van der Waals surface area contributed by atoms with Gasteiger partial charge < -0.3 is 0 Å². The van der Waals surface area contributed by atoms with Crippen LogP contribution in [0.15, 0.2) is 72.9 Å². The van der Waals surface area contributed by atoms with Crippen LogP contribution >= 0.6 is 0 Å². The Labute approximate surface area is 316 Å². The molecular formula is C42H54F4N2O4Ti. The van der Waals surface area contributed by atoms with Crippen molar-refractivity contribution in [1.29, 1.82) is 0 Å².